The van der Waals surface area contributed by atoms with Gasteiger partial charge in [-0.1, -0.05) is 30.3 Å². The molecule has 2 aliphatic heterocycles. The van der Waals surface area contributed by atoms with Crippen molar-refractivity contribution >= 4 is 5.95 Å². The Morgan fingerprint density at radius 3 is 2.88 bits per heavy atom. The molecule has 0 unspecified atom stereocenters. The summed E-state index contributed by atoms with van der Waals surface area (Å²) < 4.78 is 5.80. The lowest BCUT2D eigenvalue weighted by molar-refractivity contribution is -0.0117. The minimum Gasteiger partial charge on any atom is -0.374 e. The van der Waals surface area contributed by atoms with E-state index in [0.717, 1.165) is 42.2 Å². The Morgan fingerprint density at radius 2 is 2.12 bits per heavy atom. The van der Waals surface area contributed by atoms with Crippen molar-refractivity contribution in [3.05, 3.63) is 41.6 Å². The highest BCUT2D eigenvalue weighted by atomic mass is 16.5. The largest absolute Gasteiger partial charge is 0.374 e. The first kappa shape index (κ1) is 16.8. The predicted octanol–water partition coefficient (Wildman–Crippen LogP) is 1.68. The van der Waals surface area contributed by atoms with Gasteiger partial charge < -0.3 is 19.9 Å². The molecule has 0 aliphatic carbocycles. The summed E-state index contributed by atoms with van der Waals surface area (Å²) in [5.41, 5.74) is 3.90. The molecule has 1 atom stereocenters. The van der Waals surface area contributed by atoms with Gasteiger partial charge in [0.1, 0.15) is 0 Å². The van der Waals surface area contributed by atoms with Crippen molar-refractivity contribution in [2.45, 2.75) is 19.2 Å². The van der Waals surface area contributed by atoms with Gasteiger partial charge in [-0.15, -0.1) is 0 Å². The quantitative estimate of drug-likeness (QED) is 0.841. The summed E-state index contributed by atoms with van der Waals surface area (Å²) >= 11 is 0. The van der Waals surface area contributed by atoms with Crippen LogP contribution in [0, 0.1) is 11.5 Å². The molecule has 2 aromatic rings. The molecule has 0 saturated carbocycles. The van der Waals surface area contributed by atoms with Crippen LogP contribution in [-0.2, 0) is 17.8 Å². The van der Waals surface area contributed by atoms with Gasteiger partial charge in [0.2, 0.25) is 5.95 Å². The number of hydrogen-bond acceptors (Lipinski definition) is 7. The third kappa shape index (κ3) is 3.47. The molecule has 0 bridgehead atoms. The van der Waals surface area contributed by atoms with Gasteiger partial charge in [0.25, 0.3) is 0 Å². The number of anilines is 1. The van der Waals surface area contributed by atoms with Crippen molar-refractivity contribution < 1.29 is 4.74 Å². The second-order valence-corrected chi connectivity index (χ2v) is 6.78. The Bertz CT molecular complexity index is 819. The number of hydrogen-bond donors (Lipinski definition) is 1. The fraction of sp³-hybridized carbons (Fsp3) is 0.421. The van der Waals surface area contributed by atoms with E-state index in [0.29, 0.717) is 25.6 Å². The number of likely N-dealkylation sites (N-methyl/N-ethyl adjacent to an activating group) is 1. The average molecular weight is 350 g/mol. The maximum Gasteiger partial charge on any atom is 0.223 e. The lowest BCUT2D eigenvalue weighted by Gasteiger charge is -2.30. The molecule has 1 aromatic carbocycles. The zero-order chi connectivity index (χ0) is 17.9. The van der Waals surface area contributed by atoms with Crippen molar-refractivity contribution in [2.24, 2.45) is 0 Å². The van der Waals surface area contributed by atoms with Crippen LogP contribution in [0.2, 0.25) is 0 Å². The molecule has 26 heavy (non-hydrogen) atoms. The number of rotatable bonds is 4. The van der Waals surface area contributed by atoms with Crippen LogP contribution in [0.1, 0.15) is 11.3 Å². The van der Waals surface area contributed by atoms with Crippen molar-refractivity contribution in [3.8, 4) is 17.5 Å². The van der Waals surface area contributed by atoms with E-state index in [1.165, 1.54) is 0 Å². The Hall–Kier alpha value is -2.69. The normalized spacial score (nSPS) is 19.8. The van der Waals surface area contributed by atoms with E-state index in [1.54, 1.807) is 4.90 Å². The Labute approximate surface area is 153 Å². The van der Waals surface area contributed by atoms with E-state index >= 15 is 0 Å². The monoisotopic (exact) mass is 350 g/mol. The molecule has 1 fully saturated rings. The molecule has 134 valence electrons. The molecule has 4 rings (SSSR count). The van der Waals surface area contributed by atoms with Gasteiger partial charge in [0.05, 0.1) is 37.2 Å². The second-order valence-electron chi connectivity index (χ2n) is 6.78. The van der Waals surface area contributed by atoms with Gasteiger partial charge in [-0.3, -0.25) is 0 Å². The van der Waals surface area contributed by atoms with Gasteiger partial charge in [-0.05, 0) is 7.05 Å². The molecule has 7 nitrogen and oxygen atoms in total. The Morgan fingerprint density at radius 1 is 1.27 bits per heavy atom. The predicted molar refractivity (Wildman–Crippen MR) is 98.1 cm³/mol. The highest BCUT2D eigenvalue weighted by molar-refractivity contribution is 5.66. The van der Waals surface area contributed by atoms with Crippen LogP contribution in [-0.4, -0.2) is 59.2 Å². The number of morpholine rings is 1. The van der Waals surface area contributed by atoms with Crippen LogP contribution in [0.5, 0.6) is 0 Å². The number of benzene rings is 1. The zero-order valence-corrected chi connectivity index (χ0v) is 14.9. The summed E-state index contributed by atoms with van der Waals surface area (Å²) in [5.74, 6) is 0.596. The van der Waals surface area contributed by atoms with Crippen LogP contribution >= 0.6 is 0 Å². The van der Waals surface area contributed by atoms with Crippen molar-refractivity contribution in [1.29, 1.82) is 5.26 Å². The van der Waals surface area contributed by atoms with Crippen LogP contribution in [0.4, 0.5) is 5.95 Å². The first-order valence-corrected chi connectivity index (χ1v) is 8.87. The Balaban J connectivity index is 1.59. The van der Waals surface area contributed by atoms with Gasteiger partial charge in [0, 0.05) is 30.8 Å². The number of nitriles is 1. The topological polar surface area (TPSA) is 77.3 Å². The number of fused-ring (bicyclic) bond motifs is 1. The van der Waals surface area contributed by atoms with Crippen molar-refractivity contribution in [1.82, 2.24) is 19.8 Å². The lowest BCUT2D eigenvalue weighted by Crippen LogP contribution is -2.43. The smallest absolute Gasteiger partial charge is 0.223 e. The number of nitrogens with one attached hydrogen (secondary N) is 1. The molecule has 2 aliphatic rings. The summed E-state index contributed by atoms with van der Waals surface area (Å²) in [6, 6.07) is 10.1. The number of aromatic nitrogens is 2. The van der Waals surface area contributed by atoms with Crippen molar-refractivity contribution in [3.63, 3.8) is 0 Å². The lowest BCUT2D eigenvalue weighted by atomic mass is 10.1. The summed E-state index contributed by atoms with van der Waals surface area (Å²) in [4.78, 5) is 13.4. The fourth-order valence-corrected chi connectivity index (χ4v) is 3.43. The summed E-state index contributed by atoms with van der Waals surface area (Å²) in [6.07, 6.45) is 2.34. The van der Waals surface area contributed by atoms with Crippen LogP contribution in [0.3, 0.4) is 0 Å². The summed E-state index contributed by atoms with van der Waals surface area (Å²) in [6.45, 7) is 4.37. The molecular weight excluding hydrogens is 328 g/mol. The molecule has 3 heterocycles. The van der Waals surface area contributed by atoms with Gasteiger partial charge in [0.15, 0.2) is 6.19 Å². The molecule has 0 radical (unpaired) electrons. The van der Waals surface area contributed by atoms with E-state index < -0.39 is 0 Å². The minimum absolute atomic E-state index is 0.126. The highest BCUT2D eigenvalue weighted by Gasteiger charge is 2.25. The van der Waals surface area contributed by atoms with Gasteiger partial charge in [-0.2, -0.15) is 5.26 Å². The summed E-state index contributed by atoms with van der Waals surface area (Å²) in [7, 11) is 2.10. The van der Waals surface area contributed by atoms with Crippen molar-refractivity contribution in [2.75, 3.05) is 38.6 Å². The van der Waals surface area contributed by atoms with E-state index in [2.05, 4.69) is 28.4 Å². The SMILES string of the molecule is CN1CCO[C@@H](CNc2nc3c(c(-c4ccccc4)n2)CN(C#N)C3)C1. The van der Waals surface area contributed by atoms with E-state index in [9.17, 15) is 5.26 Å². The van der Waals surface area contributed by atoms with Crippen LogP contribution < -0.4 is 5.32 Å². The summed E-state index contributed by atoms with van der Waals surface area (Å²) in [5, 5.41) is 12.6. The van der Waals surface area contributed by atoms with E-state index in [1.807, 2.05) is 30.3 Å². The number of ether oxygens (including phenoxy) is 1. The van der Waals surface area contributed by atoms with Gasteiger partial charge >= 0.3 is 0 Å². The Kier molecular flexibility index (Phi) is 4.69. The molecule has 7 heteroatoms. The first-order valence-electron chi connectivity index (χ1n) is 8.87. The molecule has 0 amide bonds. The maximum absolute atomic E-state index is 9.26. The third-order valence-corrected chi connectivity index (χ3v) is 4.80. The van der Waals surface area contributed by atoms with E-state index in [-0.39, 0.29) is 6.10 Å². The highest BCUT2D eigenvalue weighted by Crippen LogP contribution is 2.31. The molecule has 0 spiro atoms. The molecule has 1 aromatic heterocycles. The van der Waals surface area contributed by atoms with Crippen LogP contribution in [0.25, 0.3) is 11.3 Å². The zero-order valence-electron chi connectivity index (χ0n) is 14.9. The third-order valence-electron chi connectivity index (χ3n) is 4.80. The van der Waals surface area contributed by atoms with E-state index in [4.69, 9.17) is 9.72 Å². The second kappa shape index (κ2) is 7.28. The fourth-order valence-electron chi connectivity index (χ4n) is 3.43. The standard InChI is InChI=1S/C19H22N6O/c1-24-7-8-26-15(10-24)9-21-19-22-17-12-25(13-20)11-16(17)18(23-19)14-5-3-2-4-6-14/h2-6,15H,7-12H2,1H3,(H,21,22,23)/t15-/m0/s1. The maximum atomic E-state index is 9.26. The van der Waals surface area contributed by atoms with Gasteiger partial charge in [-0.25, -0.2) is 9.97 Å². The molecule has 1 N–H and O–H groups in total. The minimum atomic E-state index is 0.126. The van der Waals surface area contributed by atoms with Crippen LogP contribution in [0.15, 0.2) is 30.3 Å². The molecular formula is C19H22N6O. The number of nitrogens with zero attached hydrogens (tertiary/aromatic N) is 5. The first-order chi connectivity index (χ1) is 12.7. The molecule has 1 saturated heterocycles. The average Bonchev–Trinajstić information content (AvgIpc) is 3.10.